The second kappa shape index (κ2) is 6.75. The first kappa shape index (κ1) is 15.4. The summed E-state index contributed by atoms with van der Waals surface area (Å²) in [5.74, 6) is 0.860. The molecule has 2 aromatic carbocycles. The number of carbonyl (C=O) groups is 1. The maximum absolute atomic E-state index is 12.2. The van der Waals surface area contributed by atoms with Crippen LogP contribution in [0.2, 0.25) is 0 Å². The van der Waals surface area contributed by atoms with Crippen LogP contribution >= 0.6 is 11.7 Å². The van der Waals surface area contributed by atoms with Crippen molar-refractivity contribution < 1.29 is 9.53 Å². The van der Waals surface area contributed by atoms with E-state index in [1.165, 1.54) is 0 Å². The molecule has 0 saturated carbocycles. The quantitative estimate of drug-likeness (QED) is 0.773. The third-order valence-corrected chi connectivity index (χ3v) is 4.00. The molecule has 0 fully saturated rings. The minimum absolute atomic E-state index is 0.0440. The van der Waals surface area contributed by atoms with Crippen molar-refractivity contribution in [2.75, 3.05) is 11.9 Å². The molecule has 3 aromatic rings. The first-order chi connectivity index (χ1) is 11.1. The number of rotatable bonds is 5. The van der Waals surface area contributed by atoms with Crippen molar-refractivity contribution in [1.29, 1.82) is 0 Å². The molecule has 0 atom stereocenters. The number of hydrogen-bond donors (Lipinski definition) is 1. The van der Waals surface area contributed by atoms with Crippen molar-refractivity contribution in [2.24, 2.45) is 0 Å². The molecular weight excluding hydrogens is 310 g/mol. The average molecular weight is 327 g/mol. The first-order valence-corrected chi connectivity index (χ1v) is 8.11. The minimum atomic E-state index is -0.218. The van der Waals surface area contributed by atoms with E-state index in [1.54, 1.807) is 0 Å². The summed E-state index contributed by atoms with van der Waals surface area (Å²) in [7, 11) is 0. The van der Waals surface area contributed by atoms with Crippen LogP contribution in [0.1, 0.15) is 25.3 Å². The lowest BCUT2D eigenvalue weighted by Crippen LogP contribution is -2.20. The van der Waals surface area contributed by atoms with Crippen molar-refractivity contribution in [1.82, 2.24) is 8.75 Å². The van der Waals surface area contributed by atoms with Gasteiger partial charge in [0, 0.05) is 0 Å². The zero-order chi connectivity index (χ0) is 16.2. The van der Waals surface area contributed by atoms with Crippen LogP contribution < -0.4 is 10.1 Å². The maximum Gasteiger partial charge on any atom is 0.262 e. The van der Waals surface area contributed by atoms with Crippen LogP contribution in [0.5, 0.6) is 5.75 Å². The van der Waals surface area contributed by atoms with E-state index in [0.717, 1.165) is 28.6 Å². The first-order valence-electron chi connectivity index (χ1n) is 7.38. The van der Waals surface area contributed by atoms with Gasteiger partial charge in [0.05, 0.1) is 17.4 Å². The lowest BCUT2D eigenvalue weighted by molar-refractivity contribution is -0.118. The molecule has 1 heterocycles. The zero-order valence-corrected chi connectivity index (χ0v) is 13.8. The Morgan fingerprint density at radius 1 is 1.17 bits per heavy atom. The molecule has 0 bridgehead atoms. The number of para-hydroxylation sites is 1. The van der Waals surface area contributed by atoms with Crippen LogP contribution in [-0.2, 0) is 4.79 Å². The lowest BCUT2D eigenvalue weighted by atomic mass is 10.0. The molecule has 0 unspecified atom stereocenters. The van der Waals surface area contributed by atoms with Crippen molar-refractivity contribution in [3.8, 4) is 5.75 Å². The highest BCUT2D eigenvalue weighted by molar-refractivity contribution is 7.00. The van der Waals surface area contributed by atoms with Gasteiger partial charge in [0.1, 0.15) is 16.8 Å². The highest BCUT2D eigenvalue weighted by Crippen LogP contribution is 2.26. The molecule has 23 heavy (non-hydrogen) atoms. The van der Waals surface area contributed by atoms with Crippen molar-refractivity contribution in [3.05, 3.63) is 48.0 Å². The second-order valence-corrected chi connectivity index (χ2v) is 6.00. The number of hydrogen-bond acceptors (Lipinski definition) is 5. The van der Waals surface area contributed by atoms with Gasteiger partial charge in [-0.1, -0.05) is 38.1 Å². The molecule has 1 aromatic heterocycles. The van der Waals surface area contributed by atoms with Crippen LogP contribution in [0.25, 0.3) is 11.0 Å². The van der Waals surface area contributed by atoms with Gasteiger partial charge < -0.3 is 10.1 Å². The SMILES string of the molecule is CC(C)c1ccccc1OCC(=O)Nc1cccc2nsnc12. The summed E-state index contributed by atoms with van der Waals surface area (Å²) >= 11 is 1.13. The van der Waals surface area contributed by atoms with Crippen LogP contribution in [0.15, 0.2) is 42.5 Å². The Labute approximate surface area is 138 Å². The van der Waals surface area contributed by atoms with E-state index in [-0.39, 0.29) is 12.5 Å². The molecule has 3 rings (SSSR count). The Hall–Kier alpha value is -2.47. The van der Waals surface area contributed by atoms with Crippen molar-refractivity contribution in [3.63, 3.8) is 0 Å². The van der Waals surface area contributed by atoms with E-state index < -0.39 is 0 Å². The van der Waals surface area contributed by atoms with Crippen LogP contribution in [0, 0.1) is 0 Å². The Balaban J connectivity index is 1.68. The number of carbonyl (C=O) groups excluding carboxylic acids is 1. The monoisotopic (exact) mass is 327 g/mol. The van der Waals surface area contributed by atoms with E-state index in [2.05, 4.69) is 27.9 Å². The molecule has 0 spiro atoms. The van der Waals surface area contributed by atoms with Gasteiger partial charge in [-0.2, -0.15) is 8.75 Å². The summed E-state index contributed by atoms with van der Waals surface area (Å²) in [6.07, 6.45) is 0. The summed E-state index contributed by atoms with van der Waals surface area (Å²) in [5, 5.41) is 2.83. The topological polar surface area (TPSA) is 64.1 Å². The van der Waals surface area contributed by atoms with E-state index in [1.807, 2.05) is 42.5 Å². The molecule has 0 aliphatic heterocycles. The molecule has 118 valence electrons. The molecule has 0 aliphatic rings. The number of aromatic nitrogens is 2. The third-order valence-electron chi connectivity index (χ3n) is 3.46. The van der Waals surface area contributed by atoms with Gasteiger partial charge in [-0.25, -0.2) is 0 Å². The fraction of sp³-hybridized carbons (Fsp3) is 0.235. The highest BCUT2D eigenvalue weighted by Gasteiger charge is 2.11. The third kappa shape index (κ3) is 3.48. The van der Waals surface area contributed by atoms with Crippen LogP contribution in [0.3, 0.4) is 0 Å². The zero-order valence-electron chi connectivity index (χ0n) is 12.9. The summed E-state index contributed by atoms with van der Waals surface area (Å²) in [6.45, 7) is 4.15. The smallest absolute Gasteiger partial charge is 0.262 e. The summed E-state index contributed by atoms with van der Waals surface area (Å²) in [6, 6.07) is 13.3. The predicted octanol–water partition coefficient (Wildman–Crippen LogP) is 3.83. The minimum Gasteiger partial charge on any atom is -0.483 e. The molecule has 6 heteroatoms. The molecular formula is C17H17N3O2S. The predicted molar refractivity (Wildman–Crippen MR) is 92.1 cm³/mol. The Bertz CT molecular complexity index is 829. The maximum atomic E-state index is 12.2. The van der Waals surface area contributed by atoms with Crippen LogP contribution in [-0.4, -0.2) is 21.3 Å². The fourth-order valence-electron chi connectivity index (χ4n) is 2.33. The summed E-state index contributed by atoms with van der Waals surface area (Å²) in [5.41, 5.74) is 3.22. The number of fused-ring (bicyclic) bond motifs is 1. The second-order valence-electron chi connectivity index (χ2n) is 5.47. The number of nitrogens with zero attached hydrogens (tertiary/aromatic N) is 2. The van der Waals surface area contributed by atoms with Gasteiger partial charge >= 0.3 is 0 Å². The fourth-order valence-corrected chi connectivity index (χ4v) is 2.88. The standard InChI is InChI=1S/C17H17N3O2S/c1-11(2)12-6-3-4-9-15(12)22-10-16(21)18-13-7-5-8-14-17(13)20-23-19-14/h3-9,11H,10H2,1-2H3,(H,18,21). The van der Waals surface area contributed by atoms with Gasteiger partial charge in [0.25, 0.3) is 5.91 Å². The Kier molecular flexibility index (Phi) is 4.52. The number of anilines is 1. The number of ether oxygens (including phenoxy) is 1. The average Bonchev–Trinajstić information content (AvgIpc) is 3.03. The van der Waals surface area contributed by atoms with E-state index >= 15 is 0 Å². The largest absolute Gasteiger partial charge is 0.483 e. The molecule has 5 nitrogen and oxygen atoms in total. The van der Waals surface area contributed by atoms with Gasteiger partial charge in [-0.15, -0.1) is 0 Å². The van der Waals surface area contributed by atoms with Crippen molar-refractivity contribution in [2.45, 2.75) is 19.8 Å². The van der Waals surface area contributed by atoms with E-state index in [0.29, 0.717) is 17.1 Å². The van der Waals surface area contributed by atoms with E-state index in [4.69, 9.17) is 4.74 Å². The highest BCUT2D eigenvalue weighted by atomic mass is 32.1. The summed E-state index contributed by atoms with van der Waals surface area (Å²) in [4.78, 5) is 12.2. The number of amides is 1. The van der Waals surface area contributed by atoms with Crippen molar-refractivity contribution >= 4 is 34.4 Å². The molecule has 0 radical (unpaired) electrons. The van der Waals surface area contributed by atoms with Gasteiger partial charge in [0.2, 0.25) is 0 Å². The summed E-state index contributed by atoms with van der Waals surface area (Å²) < 4.78 is 14.0. The molecule has 1 N–H and O–H groups in total. The molecule has 0 saturated heterocycles. The van der Waals surface area contributed by atoms with Gasteiger partial charge in [-0.05, 0) is 29.7 Å². The van der Waals surface area contributed by atoms with Crippen LogP contribution in [0.4, 0.5) is 5.69 Å². The Morgan fingerprint density at radius 2 is 2.00 bits per heavy atom. The van der Waals surface area contributed by atoms with Gasteiger partial charge in [0.15, 0.2) is 6.61 Å². The van der Waals surface area contributed by atoms with E-state index in [9.17, 15) is 4.79 Å². The Morgan fingerprint density at radius 3 is 2.83 bits per heavy atom. The number of benzene rings is 2. The number of nitrogens with one attached hydrogen (secondary N) is 1. The lowest BCUT2D eigenvalue weighted by Gasteiger charge is -2.13. The normalized spacial score (nSPS) is 10.9. The van der Waals surface area contributed by atoms with Gasteiger partial charge in [-0.3, -0.25) is 4.79 Å². The molecule has 0 aliphatic carbocycles. The molecule has 1 amide bonds.